The predicted molar refractivity (Wildman–Crippen MR) is 91.3 cm³/mol. The first-order chi connectivity index (χ1) is 9.69. The van der Waals surface area contributed by atoms with Crippen molar-refractivity contribution >= 4 is 29.9 Å². The Hall–Kier alpha value is -0.960. The number of hydrogen-bond donors (Lipinski definition) is 2. The van der Waals surface area contributed by atoms with Crippen molar-refractivity contribution in [2.45, 2.75) is 12.8 Å². The Bertz CT molecular complexity index is 424. The van der Waals surface area contributed by atoms with E-state index in [4.69, 9.17) is 4.74 Å². The molecule has 7 heteroatoms. The van der Waals surface area contributed by atoms with Crippen LogP contribution in [-0.4, -0.2) is 39.8 Å². The molecule has 120 valence electrons. The van der Waals surface area contributed by atoms with Gasteiger partial charge in [0.15, 0.2) is 5.96 Å². The van der Waals surface area contributed by atoms with Crippen molar-refractivity contribution in [2.24, 2.45) is 4.99 Å². The average Bonchev–Trinajstić information content (AvgIpc) is 2.44. The molecule has 0 fully saturated rings. The Balaban J connectivity index is 0.00000400. The van der Waals surface area contributed by atoms with E-state index >= 15 is 0 Å². The minimum atomic E-state index is -0.519. The molecule has 2 N–H and O–H groups in total. The molecule has 0 saturated heterocycles. The van der Waals surface area contributed by atoms with E-state index in [1.165, 1.54) is 18.2 Å². The molecule has 0 saturated carbocycles. The summed E-state index contributed by atoms with van der Waals surface area (Å²) in [6.07, 6.45) is 1.12. The lowest BCUT2D eigenvalue weighted by Gasteiger charge is -2.12. The number of benzene rings is 1. The number of methoxy groups -OCH3 is 1. The molecule has 0 amide bonds. The molecule has 21 heavy (non-hydrogen) atoms. The minimum Gasteiger partial charge on any atom is -0.385 e. The van der Waals surface area contributed by atoms with Gasteiger partial charge in [-0.05, 0) is 25.0 Å². The van der Waals surface area contributed by atoms with Crippen molar-refractivity contribution in [3.8, 4) is 0 Å². The first kappa shape index (κ1) is 20.0. The van der Waals surface area contributed by atoms with Gasteiger partial charge >= 0.3 is 0 Å². The highest BCUT2D eigenvalue weighted by Crippen LogP contribution is 2.11. The highest BCUT2D eigenvalue weighted by molar-refractivity contribution is 14.0. The number of nitrogens with zero attached hydrogens (tertiary/aromatic N) is 1. The van der Waals surface area contributed by atoms with Gasteiger partial charge in [0.1, 0.15) is 11.6 Å². The molecule has 0 aliphatic rings. The largest absolute Gasteiger partial charge is 0.385 e. The zero-order chi connectivity index (χ0) is 14.8. The standard InChI is InChI=1S/C14H21F2N3O.HI/c1-17-14(18-8-4-10-20-2)19-9-7-11-12(15)5-3-6-13(11)16;/h3,5-6H,4,7-10H2,1-2H3,(H2,17,18,19);1H. The number of halogens is 3. The van der Waals surface area contributed by atoms with Gasteiger partial charge in [-0.25, -0.2) is 8.78 Å². The highest BCUT2D eigenvalue weighted by atomic mass is 127. The van der Waals surface area contributed by atoms with Gasteiger partial charge in [0.2, 0.25) is 0 Å². The van der Waals surface area contributed by atoms with Crippen LogP contribution in [0.1, 0.15) is 12.0 Å². The number of nitrogens with one attached hydrogen (secondary N) is 2. The van der Waals surface area contributed by atoms with E-state index in [-0.39, 0.29) is 36.0 Å². The van der Waals surface area contributed by atoms with Gasteiger partial charge in [-0.1, -0.05) is 6.07 Å². The van der Waals surface area contributed by atoms with Gasteiger partial charge < -0.3 is 15.4 Å². The number of guanidine groups is 1. The summed E-state index contributed by atoms with van der Waals surface area (Å²) >= 11 is 0. The Labute approximate surface area is 141 Å². The average molecular weight is 413 g/mol. The molecule has 1 aromatic carbocycles. The summed E-state index contributed by atoms with van der Waals surface area (Å²) in [5, 5.41) is 6.11. The van der Waals surface area contributed by atoms with Gasteiger partial charge in [-0.15, -0.1) is 24.0 Å². The van der Waals surface area contributed by atoms with Gasteiger partial charge in [0.05, 0.1) is 0 Å². The molecule has 0 heterocycles. The molecular weight excluding hydrogens is 391 g/mol. The second-order valence-corrected chi connectivity index (χ2v) is 4.22. The van der Waals surface area contributed by atoms with Gasteiger partial charge in [0, 0.05) is 39.4 Å². The van der Waals surface area contributed by atoms with Crippen LogP contribution in [0.25, 0.3) is 0 Å². The molecule has 0 unspecified atom stereocenters. The molecule has 0 aromatic heterocycles. The maximum absolute atomic E-state index is 13.4. The van der Waals surface area contributed by atoms with E-state index in [0.29, 0.717) is 19.1 Å². The minimum absolute atomic E-state index is 0. The Morgan fingerprint density at radius 1 is 1.19 bits per heavy atom. The van der Waals surface area contributed by atoms with Crippen molar-refractivity contribution in [3.63, 3.8) is 0 Å². The zero-order valence-corrected chi connectivity index (χ0v) is 14.6. The SMILES string of the molecule is CN=C(NCCCOC)NCCc1c(F)cccc1F.I. The second kappa shape index (κ2) is 11.7. The molecule has 0 aliphatic heterocycles. The number of aliphatic imine (C=N–C) groups is 1. The van der Waals surface area contributed by atoms with Gasteiger partial charge in [-0.2, -0.15) is 0 Å². The van der Waals surface area contributed by atoms with Crippen molar-refractivity contribution in [1.29, 1.82) is 0 Å². The second-order valence-electron chi connectivity index (χ2n) is 4.22. The lowest BCUT2D eigenvalue weighted by atomic mass is 10.1. The predicted octanol–water partition coefficient (Wildman–Crippen LogP) is 2.33. The third-order valence-corrected chi connectivity index (χ3v) is 2.77. The molecule has 1 rings (SSSR count). The van der Waals surface area contributed by atoms with Crippen molar-refractivity contribution in [1.82, 2.24) is 10.6 Å². The van der Waals surface area contributed by atoms with E-state index in [2.05, 4.69) is 15.6 Å². The fourth-order valence-electron chi connectivity index (χ4n) is 1.72. The molecule has 4 nitrogen and oxygen atoms in total. The van der Waals surface area contributed by atoms with Crippen LogP contribution < -0.4 is 10.6 Å². The van der Waals surface area contributed by atoms with Crippen molar-refractivity contribution < 1.29 is 13.5 Å². The first-order valence-corrected chi connectivity index (χ1v) is 6.55. The molecule has 0 bridgehead atoms. The third-order valence-electron chi connectivity index (χ3n) is 2.77. The summed E-state index contributed by atoms with van der Waals surface area (Å²) in [4.78, 5) is 4.03. The van der Waals surface area contributed by atoms with Crippen LogP contribution in [0.2, 0.25) is 0 Å². The summed E-state index contributed by atoms with van der Waals surface area (Å²) in [6.45, 7) is 1.80. The number of ether oxygens (including phenoxy) is 1. The first-order valence-electron chi connectivity index (χ1n) is 6.55. The van der Waals surface area contributed by atoms with Crippen LogP contribution in [0.4, 0.5) is 8.78 Å². The maximum atomic E-state index is 13.4. The quantitative estimate of drug-likeness (QED) is 0.312. The van der Waals surface area contributed by atoms with Gasteiger partial charge in [0.25, 0.3) is 0 Å². The van der Waals surface area contributed by atoms with Crippen LogP contribution in [-0.2, 0) is 11.2 Å². The number of hydrogen-bond acceptors (Lipinski definition) is 2. The smallest absolute Gasteiger partial charge is 0.190 e. The molecule has 0 radical (unpaired) electrons. The van der Waals surface area contributed by atoms with E-state index < -0.39 is 11.6 Å². The van der Waals surface area contributed by atoms with E-state index in [0.717, 1.165) is 13.0 Å². The summed E-state index contributed by atoms with van der Waals surface area (Å²) in [6, 6.07) is 3.88. The summed E-state index contributed by atoms with van der Waals surface area (Å²) in [7, 11) is 3.30. The molecule has 1 aromatic rings. The van der Waals surface area contributed by atoms with Crippen LogP contribution in [0.3, 0.4) is 0 Å². The summed E-state index contributed by atoms with van der Waals surface area (Å²) in [5.74, 6) is -0.428. The monoisotopic (exact) mass is 413 g/mol. The topological polar surface area (TPSA) is 45.7 Å². The van der Waals surface area contributed by atoms with Gasteiger partial charge in [-0.3, -0.25) is 4.99 Å². The normalized spacial score (nSPS) is 11.0. The fraction of sp³-hybridized carbons (Fsp3) is 0.500. The van der Waals surface area contributed by atoms with E-state index in [9.17, 15) is 8.78 Å². The van der Waals surface area contributed by atoms with Crippen LogP contribution >= 0.6 is 24.0 Å². The summed E-state index contributed by atoms with van der Waals surface area (Å²) in [5.41, 5.74) is 0.0924. The molecular formula is C14H22F2IN3O. The van der Waals surface area contributed by atoms with Crippen LogP contribution in [0.5, 0.6) is 0 Å². The Morgan fingerprint density at radius 3 is 2.38 bits per heavy atom. The Kier molecular flexibility index (Phi) is 11.1. The molecule has 0 spiro atoms. The maximum Gasteiger partial charge on any atom is 0.190 e. The molecule has 0 atom stereocenters. The Morgan fingerprint density at radius 2 is 1.81 bits per heavy atom. The van der Waals surface area contributed by atoms with Crippen molar-refractivity contribution in [2.75, 3.05) is 33.9 Å². The summed E-state index contributed by atoms with van der Waals surface area (Å²) < 4.78 is 31.8. The zero-order valence-electron chi connectivity index (χ0n) is 12.3. The molecule has 0 aliphatic carbocycles. The van der Waals surface area contributed by atoms with Crippen LogP contribution in [0.15, 0.2) is 23.2 Å². The van der Waals surface area contributed by atoms with E-state index in [1.807, 2.05) is 0 Å². The van der Waals surface area contributed by atoms with Crippen LogP contribution in [0, 0.1) is 11.6 Å². The number of rotatable bonds is 7. The lowest BCUT2D eigenvalue weighted by Crippen LogP contribution is -2.39. The highest BCUT2D eigenvalue weighted by Gasteiger charge is 2.07. The van der Waals surface area contributed by atoms with E-state index in [1.54, 1.807) is 14.2 Å². The third kappa shape index (κ3) is 7.56. The van der Waals surface area contributed by atoms with Crippen molar-refractivity contribution in [3.05, 3.63) is 35.4 Å². The lowest BCUT2D eigenvalue weighted by molar-refractivity contribution is 0.195. The fourth-order valence-corrected chi connectivity index (χ4v) is 1.72.